The van der Waals surface area contributed by atoms with E-state index in [9.17, 15) is 10.1 Å². The number of nitro groups is 1. The molecule has 7 nitrogen and oxygen atoms in total. The van der Waals surface area contributed by atoms with E-state index in [2.05, 4.69) is 10.3 Å². The lowest BCUT2D eigenvalue weighted by Gasteiger charge is -2.08. The molecule has 1 heterocycles. The Morgan fingerprint density at radius 1 is 1.24 bits per heavy atom. The standard InChI is InChI=1S/C14H15N3O4/c1-20-11-5-3-4-10(8-11)9-15-14-12(17(18)19)6-7-13(16-14)21-2/h3-8H,9H2,1-2H3,(H,15,16). The van der Waals surface area contributed by atoms with Crippen molar-refractivity contribution in [1.82, 2.24) is 4.98 Å². The summed E-state index contributed by atoms with van der Waals surface area (Å²) in [6, 6.07) is 10.2. The summed E-state index contributed by atoms with van der Waals surface area (Å²) >= 11 is 0. The van der Waals surface area contributed by atoms with E-state index < -0.39 is 4.92 Å². The van der Waals surface area contributed by atoms with E-state index in [4.69, 9.17) is 9.47 Å². The van der Waals surface area contributed by atoms with Gasteiger partial charge in [0, 0.05) is 18.7 Å². The van der Waals surface area contributed by atoms with Gasteiger partial charge in [-0.05, 0) is 17.7 Å². The largest absolute Gasteiger partial charge is 0.497 e. The minimum atomic E-state index is -0.486. The van der Waals surface area contributed by atoms with Gasteiger partial charge in [-0.2, -0.15) is 4.98 Å². The van der Waals surface area contributed by atoms with Crippen molar-refractivity contribution in [3.05, 3.63) is 52.1 Å². The highest BCUT2D eigenvalue weighted by atomic mass is 16.6. The highest BCUT2D eigenvalue weighted by Crippen LogP contribution is 2.25. The summed E-state index contributed by atoms with van der Waals surface area (Å²) in [6.45, 7) is 0.387. The summed E-state index contributed by atoms with van der Waals surface area (Å²) < 4.78 is 10.1. The van der Waals surface area contributed by atoms with Crippen LogP contribution in [0.4, 0.5) is 11.5 Å². The van der Waals surface area contributed by atoms with E-state index in [0.717, 1.165) is 11.3 Å². The zero-order chi connectivity index (χ0) is 15.2. The quantitative estimate of drug-likeness (QED) is 0.649. The molecule has 0 saturated heterocycles. The third-order valence-corrected chi connectivity index (χ3v) is 2.85. The van der Waals surface area contributed by atoms with Crippen LogP contribution in [0.25, 0.3) is 0 Å². The Bertz CT molecular complexity index is 646. The molecule has 0 atom stereocenters. The monoisotopic (exact) mass is 289 g/mol. The van der Waals surface area contributed by atoms with Crippen LogP contribution in [0.3, 0.4) is 0 Å². The lowest BCUT2D eigenvalue weighted by molar-refractivity contribution is -0.384. The predicted octanol–water partition coefficient (Wildman–Crippen LogP) is 2.62. The second-order valence-corrected chi connectivity index (χ2v) is 4.18. The molecular formula is C14H15N3O4. The molecule has 1 N–H and O–H groups in total. The number of pyridine rings is 1. The molecule has 110 valence electrons. The molecule has 7 heteroatoms. The van der Waals surface area contributed by atoms with Crippen molar-refractivity contribution in [2.75, 3.05) is 19.5 Å². The Morgan fingerprint density at radius 3 is 2.71 bits per heavy atom. The first kappa shape index (κ1) is 14.6. The Hall–Kier alpha value is -2.83. The van der Waals surface area contributed by atoms with E-state index in [0.29, 0.717) is 12.4 Å². The maximum atomic E-state index is 11.0. The highest BCUT2D eigenvalue weighted by molar-refractivity contribution is 5.57. The maximum absolute atomic E-state index is 11.0. The SMILES string of the molecule is COc1cccc(CNc2nc(OC)ccc2[N+](=O)[O-])c1. The molecule has 2 aromatic rings. The number of aromatic nitrogens is 1. The van der Waals surface area contributed by atoms with Gasteiger partial charge in [0.1, 0.15) is 5.75 Å². The summed E-state index contributed by atoms with van der Waals surface area (Å²) in [5, 5.41) is 13.9. The second-order valence-electron chi connectivity index (χ2n) is 4.18. The molecule has 0 bridgehead atoms. The zero-order valence-electron chi connectivity index (χ0n) is 11.7. The summed E-state index contributed by atoms with van der Waals surface area (Å²) in [6.07, 6.45) is 0. The van der Waals surface area contributed by atoms with Crippen molar-refractivity contribution in [3.63, 3.8) is 0 Å². The van der Waals surface area contributed by atoms with Gasteiger partial charge in [-0.1, -0.05) is 12.1 Å². The first-order valence-corrected chi connectivity index (χ1v) is 6.20. The predicted molar refractivity (Wildman–Crippen MR) is 77.8 cm³/mol. The number of nitrogens with zero attached hydrogens (tertiary/aromatic N) is 2. The molecular weight excluding hydrogens is 274 g/mol. The molecule has 21 heavy (non-hydrogen) atoms. The van der Waals surface area contributed by atoms with E-state index >= 15 is 0 Å². The van der Waals surface area contributed by atoms with Crippen molar-refractivity contribution in [2.24, 2.45) is 0 Å². The molecule has 0 aliphatic heterocycles. The van der Waals surface area contributed by atoms with Gasteiger partial charge in [-0.25, -0.2) is 0 Å². The number of hydrogen-bond donors (Lipinski definition) is 1. The topological polar surface area (TPSA) is 86.5 Å². The smallest absolute Gasteiger partial charge is 0.311 e. The number of hydrogen-bond acceptors (Lipinski definition) is 6. The number of methoxy groups -OCH3 is 2. The molecule has 0 fully saturated rings. The fourth-order valence-corrected chi connectivity index (χ4v) is 1.79. The lowest BCUT2D eigenvalue weighted by Crippen LogP contribution is -2.05. The summed E-state index contributed by atoms with van der Waals surface area (Å²) in [7, 11) is 3.04. The van der Waals surface area contributed by atoms with Crippen LogP contribution in [0, 0.1) is 10.1 Å². The van der Waals surface area contributed by atoms with E-state index in [-0.39, 0.29) is 11.5 Å². The van der Waals surface area contributed by atoms with Crippen LogP contribution in [-0.2, 0) is 6.54 Å². The molecule has 0 spiro atoms. The van der Waals surface area contributed by atoms with Crippen molar-refractivity contribution in [1.29, 1.82) is 0 Å². The zero-order valence-corrected chi connectivity index (χ0v) is 11.7. The Balaban J connectivity index is 2.19. The molecule has 0 aliphatic rings. The van der Waals surface area contributed by atoms with Crippen LogP contribution in [-0.4, -0.2) is 24.1 Å². The van der Waals surface area contributed by atoms with Gasteiger partial charge in [-0.3, -0.25) is 10.1 Å². The number of rotatable bonds is 6. The fraction of sp³-hybridized carbons (Fsp3) is 0.214. The minimum Gasteiger partial charge on any atom is -0.497 e. The minimum absolute atomic E-state index is 0.0984. The number of nitrogens with one attached hydrogen (secondary N) is 1. The maximum Gasteiger partial charge on any atom is 0.311 e. The third-order valence-electron chi connectivity index (χ3n) is 2.85. The van der Waals surface area contributed by atoms with E-state index in [1.807, 2.05) is 24.3 Å². The van der Waals surface area contributed by atoms with Gasteiger partial charge in [0.2, 0.25) is 11.7 Å². The normalized spacial score (nSPS) is 10.0. The van der Waals surface area contributed by atoms with Gasteiger partial charge >= 0.3 is 5.69 Å². The van der Waals surface area contributed by atoms with Crippen LogP contribution in [0.2, 0.25) is 0 Å². The summed E-state index contributed by atoms with van der Waals surface area (Å²) in [5.41, 5.74) is 0.826. The van der Waals surface area contributed by atoms with Crippen molar-refractivity contribution in [3.8, 4) is 11.6 Å². The molecule has 0 saturated carbocycles. The average Bonchev–Trinajstić information content (AvgIpc) is 2.52. The Labute approximate surface area is 121 Å². The van der Waals surface area contributed by atoms with Crippen LogP contribution in [0.5, 0.6) is 11.6 Å². The Kier molecular flexibility index (Phi) is 4.55. The number of ether oxygens (including phenoxy) is 2. The van der Waals surface area contributed by atoms with Crippen molar-refractivity contribution in [2.45, 2.75) is 6.54 Å². The summed E-state index contributed by atoms with van der Waals surface area (Å²) in [5.74, 6) is 1.21. The van der Waals surface area contributed by atoms with Gasteiger partial charge in [0.25, 0.3) is 0 Å². The molecule has 2 rings (SSSR count). The van der Waals surface area contributed by atoms with Crippen LogP contribution < -0.4 is 14.8 Å². The molecule has 0 radical (unpaired) electrons. The molecule has 0 unspecified atom stereocenters. The van der Waals surface area contributed by atoms with E-state index in [1.165, 1.54) is 19.2 Å². The Morgan fingerprint density at radius 2 is 2.05 bits per heavy atom. The molecule has 0 amide bonds. The number of anilines is 1. The second kappa shape index (κ2) is 6.56. The third kappa shape index (κ3) is 3.59. The lowest BCUT2D eigenvalue weighted by atomic mass is 10.2. The molecule has 1 aromatic heterocycles. The van der Waals surface area contributed by atoms with Gasteiger partial charge < -0.3 is 14.8 Å². The van der Waals surface area contributed by atoms with Gasteiger partial charge in [0.15, 0.2) is 0 Å². The fourth-order valence-electron chi connectivity index (χ4n) is 1.79. The number of benzene rings is 1. The summed E-state index contributed by atoms with van der Waals surface area (Å²) in [4.78, 5) is 14.6. The molecule has 0 aliphatic carbocycles. The van der Waals surface area contributed by atoms with Gasteiger partial charge in [0.05, 0.1) is 19.1 Å². The first-order valence-electron chi connectivity index (χ1n) is 6.20. The van der Waals surface area contributed by atoms with Crippen molar-refractivity contribution >= 4 is 11.5 Å². The van der Waals surface area contributed by atoms with E-state index in [1.54, 1.807) is 7.11 Å². The van der Waals surface area contributed by atoms with Gasteiger partial charge in [-0.15, -0.1) is 0 Å². The first-order chi connectivity index (χ1) is 10.1. The van der Waals surface area contributed by atoms with Crippen LogP contribution >= 0.6 is 0 Å². The van der Waals surface area contributed by atoms with Crippen LogP contribution in [0.15, 0.2) is 36.4 Å². The average molecular weight is 289 g/mol. The van der Waals surface area contributed by atoms with Crippen LogP contribution in [0.1, 0.15) is 5.56 Å². The molecule has 1 aromatic carbocycles. The van der Waals surface area contributed by atoms with Crippen molar-refractivity contribution < 1.29 is 14.4 Å². The highest BCUT2D eigenvalue weighted by Gasteiger charge is 2.16.